The van der Waals surface area contributed by atoms with Crippen LogP contribution in [0.1, 0.15) is 25.7 Å². The molecule has 2 aliphatic rings. The fourth-order valence-corrected chi connectivity index (χ4v) is 4.75. The molecule has 24 heavy (non-hydrogen) atoms. The summed E-state index contributed by atoms with van der Waals surface area (Å²) in [6.45, 7) is 0.127. The Morgan fingerprint density at radius 1 is 1.25 bits per heavy atom. The highest BCUT2D eigenvalue weighted by atomic mass is 35.5. The quantitative estimate of drug-likeness (QED) is 0.590. The standard InChI is InChI=1S/C17H20ClN3OS.ClH/c18-12-3-4-14-13(9-12)16(21-17(20-14)23-6-5-22)19-15-8-10-1-2-11(15)7-10;/h3-4,9-11,15,22H,1-2,5-8H2,(H,19,20,21);1H. The summed E-state index contributed by atoms with van der Waals surface area (Å²) in [5.41, 5.74) is 0.899. The van der Waals surface area contributed by atoms with Crippen LogP contribution >= 0.6 is 35.8 Å². The molecule has 3 unspecified atom stereocenters. The van der Waals surface area contributed by atoms with Gasteiger partial charge in [0.1, 0.15) is 5.82 Å². The molecule has 2 bridgehead atoms. The fraction of sp³-hybridized carbons (Fsp3) is 0.529. The topological polar surface area (TPSA) is 58.0 Å². The average Bonchev–Trinajstić information content (AvgIpc) is 3.16. The molecule has 3 atom stereocenters. The lowest BCUT2D eigenvalue weighted by Crippen LogP contribution is -2.26. The van der Waals surface area contributed by atoms with Gasteiger partial charge in [-0.15, -0.1) is 12.4 Å². The van der Waals surface area contributed by atoms with E-state index in [1.165, 1.54) is 37.4 Å². The molecule has 7 heteroatoms. The van der Waals surface area contributed by atoms with E-state index in [9.17, 15) is 0 Å². The van der Waals surface area contributed by atoms with Crippen LogP contribution in [0.25, 0.3) is 10.9 Å². The van der Waals surface area contributed by atoms with Gasteiger partial charge in [0.15, 0.2) is 5.16 Å². The summed E-state index contributed by atoms with van der Waals surface area (Å²) < 4.78 is 0. The van der Waals surface area contributed by atoms with Crippen LogP contribution in [0.3, 0.4) is 0 Å². The minimum atomic E-state index is 0. The number of anilines is 1. The predicted octanol–water partition coefficient (Wildman–Crippen LogP) is 4.39. The molecule has 0 saturated heterocycles. The maximum absolute atomic E-state index is 9.04. The number of thioether (sulfide) groups is 1. The van der Waals surface area contributed by atoms with Gasteiger partial charge in [0.2, 0.25) is 0 Å². The van der Waals surface area contributed by atoms with E-state index in [0.29, 0.717) is 22.0 Å². The molecule has 130 valence electrons. The van der Waals surface area contributed by atoms with Crippen LogP contribution in [-0.4, -0.2) is 33.5 Å². The third-order valence-electron chi connectivity index (χ3n) is 5.02. The van der Waals surface area contributed by atoms with Crippen molar-refractivity contribution in [1.29, 1.82) is 0 Å². The molecular weight excluding hydrogens is 365 g/mol. The van der Waals surface area contributed by atoms with Crippen molar-refractivity contribution in [3.63, 3.8) is 0 Å². The second kappa shape index (κ2) is 7.65. The van der Waals surface area contributed by atoms with Crippen LogP contribution < -0.4 is 5.32 Å². The Morgan fingerprint density at radius 3 is 2.83 bits per heavy atom. The van der Waals surface area contributed by atoms with Crippen LogP contribution in [0, 0.1) is 11.8 Å². The Bertz CT molecular complexity index is 730. The summed E-state index contributed by atoms with van der Waals surface area (Å²) in [6, 6.07) is 6.25. The number of hydrogen-bond acceptors (Lipinski definition) is 5. The fourth-order valence-electron chi connectivity index (χ4n) is 3.99. The number of aliphatic hydroxyl groups is 1. The first-order chi connectivity index (χ1) is 11.2. The number of fused-ring (bicyclic) bond motifs is 3. The first-order valence-electron chi connectivity index (χ1n) is 8.20. The number of benzene rings is 1. The molecule has 2 aromatic rings. The lowest BCUT2D eigenvalue weighted by atomic mass is 9.95. The summed E-state index contributed by atoms with van der Waals surface area (Å²) in [7, 11) is 0. The van der Waals surface area contributed by atoms with Gasteiger partial charge in [0.25, 0.3) is 0 Å². The van der Waals surface area contributed by atoms with E-state index in [2.05, 4.69) is 10.3 Å². The maximum atomic E-state index is 9.04. The summed E-state index contributed by atoms with van der Waals surface area (Å²) in [4.78, 5) is 9.28. The maximum Gasteiger partial charge on any atom is 0.190 e. The first kappa shape index (κ1) is 18.1. The van der Waals surface area contributed by atoms with E-state index < -0.39 is 0 Å². The van der Waals surface area contributed by atoms with E-state index >= 15 is 0 Å². The highest BCUT2D eigenvalue weighted by Gasteiger charge is 2.39. The minimum absolute atomic E-state index is 0. The average molecular weight is 386 g/mol. The third-order valence-corrected chi connectivity index (χ3v) is 6.08. The van der Waals surface area contributed by atoms with Crippen molar-refractivity contribution in [2.75, 3.05) is 17.7 Å². The van der Waals surface area contributed by atoms with Crippen LogP contribution in [0.5, 0.6) is 0 Å². The van der Waals surface area contributed by atoms with Crippen molar-refractivity contribution >= 4 is 52.5 Å². The molecule has 1 aromatic heterocycles. The number of aromatic nitrogens is 2. The highest BCUT2D eigenvalue weighted by Crippen LogP contribution is 2.45. The molecular formula is C17H21Cl2N3OS. The molecule has 0 aliphatic heterocycles. The van der Waals surface area contributed by atoms with Crippen LogP contribution in [0.2, 0.25) is 5.02 Å². The minimum Gasteiger partial charge on any atom is -0.396 e. The van der Waals surface area contributed by atoms with Crippen molar-refractivity contribution in [3.8, 4) is 0 Å². The van der Waals surface area contributed by atoms with Gasteiger partial charge in [-0.3, -0.25) is 0 Å². The van der Waals surface area contributed by atoms with Crippen LogP contribution in [0.15, 0.2) is 23.4 Å². The zero-order valence-corrected chi connectivity index (χ0v) is 15.6. The normalized spacial score (nSPS) is 25.0. The van der Waals surface area contributed by atoms with Gasteiger partial charge < -0.3 is 10.4 Å². The Balaban J connectivity index is 0.00000169. The summed E-state index contributed by atoms with van der Waals surface area (Å²) >= 11 is 7.65. The van der Waals surface area contributed by atoms with Crippen molar-refractivity contribution in [2.24, 2.45) is 11.8 Å². The van der Waals surface area contributed by atoms with Crippen molar-refractivity contribution in [3.05, 3.63) is 23.2 Å². The molecule has 1 aromatic carbocycles. The summed E-state index contributed by atoms with van der Waals surface area (Å²) in [5, 5.41) is 15.1. The molecule has 1 heterocycles. The number of hydrogen-bond donors (Lipinski definition) is 2. The number of nitrogens with zero attached hydrogens (tertiary/aromatic N) is 2. The predicted molar refractivity (Wildman–Crippen MR) is 102 cm³/mol. The molecule has 2 fully saturated rings. The Kier molecular flexibility index (Phi) is 5.75. The molecule has 2 N–H and O–H groups in total. The van der Waals surface area contributed by atoms with E-state index in [1.807, 2.05) is 18.2 Å². The Hall–Kier alpha value is -0.750. The van der Waals surface area contributed by atoms with Gasteiger partial charge >= 0.3 is 0 Å². The highest BCUT2D eigenvalue weighted by molar-refractivity contribution is 7.99. The second-order valence-electron chi connectivity index (χ2n) is 6.51. The first-order valence-corrected chi connectivity index (χ1v) is 9.57. The summed E-state index contributed by atoms with van der Waals surface area (Å²) in [6.07, 6.45) is 5.32. The van der Waals surface area contributed by atoms with E-state index in [4.69, 9.17) is 21.7 Å². The summed E-state index contributed by atoms with van der Waals surface area (Å²) in [5.74, 6) is 3.15. The van der Waals surface area contributed by atoms with Crippen LogP contribution in [-0.2, 0) is 0 Å². The molecule has 2 aliphatic carbocycles. The van der Waals surface area contributed by atoms with Crippen molar-refractivity contribution in [1.82, 2.24) is 9.97 Å². The molecule has 4 nitrogen and oxygen atoms in total. The van der Waals surface area contributed by atoms with Gasteiger partial charge in [0, 0.05) is 22.2 Å². The van der Waals surface area contributed by atoms with Gasteiger partial charge in [-0.1, -0.05) is 29.8 Å². The number of aliphatic hydroxyl groups excluding tert-OH is 1. The molecule has 0 amide bonds. The lowest BCUT2D eigenvalue weighted by Gasteiger charge is -2.24. The zero-order chi connectivity index (χ0) is 15.8. The third kappa shape index (κ3) is 3.59. The smallest absolute Gasteiger partial charge is 0.190 e. The number of rotatable bonds is 5. The second-order valence-corrected chi connectivity index (χ2v) is 8.01. The monoisotopic (exact) mass is 385 g/mol. The van der Waals surface area contributed by atoms with Crippen LogP contribution in [0.4, 0.5) is 5.82 Å². The number of nitrogens with one attached hydrogen (secondary N) is 1. The number of halogens is 2. The zero-order valence-electron chi connectivity index (χ0n) is 13.2. The van der Waals surface area contributed by atoms with E-state index in [0.717, 1.165) is 28.6 Å². The lowest BCUT2D eigenvalue weighted by molar-refractivity contribution is 0.322. The van der Waals surface area contributed by atoms with Gasteiger partial charge in [-0.05, 0) is 49.3 Å². The largest absolute Gasteiger partial charge is 0.396 e. The van der Waals surface area contributed by atoms with Crippen molar-refractivity contribution < 1.29 is 5.11 Å². The van der Waals surface area contributed by atoms with E-state index in [-0.39, 0.29) is 19.0 Å². The molecule has 2 saturated carbocycles. The van der Waals surface area contributed by atoms with Crippen molar-refractivity contribution in [2.45, 2.75) is 36.9 Å². The van der Waals surface area contributed by atoms with Gasteiger partial charge in [0.05, 0.1) is 12.1 Å². The van der Waals surface area contributed by atoms with Gasteiger partial charge in [-0.25, -0.2) is 9.97 Å². The van der Waals surface area contributed by atoms with Gasteiger partial charge in [-0.2, -0.15) is 0 Å². The molecule has 0 radical (unpaired) electrons. The molecule has 4 rings (SSSR count). The Labute approximate surface area is 157 Å². The SMILES string of the molecule is Cl.OCCSc1nc(NC2CC3CCC2C3)c2cc(Cl)ccc2n1. The molecule has 0 spiro atoms. The van der Waals surface area contributed by atoms with E-state index in [1.54, 1.807) is 0 Å². The Morgan fingerprint density at radius 2 is 2.12 bits per heavy atom.